The van der Waals surface area contributed by atoms with Crippen molar-refractivity contribution in [2.45, 2.75) is 83.2 Å². The molecule has 2 N–H and O–H groups in total. The Hall–Kier alpha value is -0.770. The molecule has 0 aromatic heterocycles. The van der Waals surface area contributed by atoms with Crippen molar-refractivity contribution in [3.05, 3.63) is 0 Å². The molecular formula is C20H38N4. The molecule has 2 aliphatic carbocycles. The lowest BCUT2D eigenvalue weighted by molar-refractivity contribution is 0.313. The molecule has 0 aromatic carbocycles. The third-order valence-corrected chi connectivity index (χ3v) is 6.28. The zero-order chi connectivity index (χ0) is 16.8. The summed E-state index contributed by atoms with van der Waals surface area (Å²) < 4.78 is 0. The van der Waals surface area contributed by atoms with Gasteiger partial charge in [-0.2, -0.15) is 0 Å². The molecule has 24 heavy (non-hydrogen) atoms. The first-order chi connectivity index (χ1) is 11.7. The summed E-state index contributed by atoms with van der Waals surface area (Å²) >= 11 is 0. The number of guanidine groups is 1. The van der Waals surface area contributed by atoms with Crippen LogP contribution in [0.3, 0.4) is 0 Å². The normalized spacial score (nSPS) is 28.1. The van der Waals surface area contributed by atoms with Gasteiger partial charge in [-0.25, -0.2) is 0 Å². The minimum Gasteiger partial charge on any atom is -0.356 e. The van der Waals surface area contributed by atoms with Gasteiger partial charge < -0.3 is 15.5 Å². The van der Waals surface area contributed by atoms with Gasteiger partial charge in [0.15, 0.2) is 5.96 Å². The quantitative estimate of drug-likeness (QED) is 0.554. The zero-order valence-corrected chi connectivity index (χ0v) is 15.9. The van der Waals surface area contributed by atoms with Crippen LogP contribution in [-0.2, 0) is 0 Å². The largest absolute Gasteiger partial charge is 0.356 e. The highest BCUT2D eigenvalue weighted by molar-refractivity contribution is 5.79. The summed E-state index contributed by atoms with van der Waals surface area (Å²) in [5.41, 5.74) is 0. The maximum Gasteiger partial charge on any atom is 0.191 e. The monoisotopic (exact) mass is 334 g/mol. The van der Waals surface area contributed by atoms with Gasteiger partial charge in [0.1, 0.15) is 0 Å². The average molecular weight is 335 g/mol. The van der Waals surface area contributed by atoms with Crippen LogP contribution >= 0.6 is 0 Å². The molecule has 2 saturated carbocycles. The van der Waals surface area contributed by atoms with Crippen molar-refractivity contribution in [1.82, 2.24) is 15.5 Å². The summed E-state index contributed by atoms with van der Waals surface area (Å²) in [6, 6.07) is 1.44. The third kappa shape index (κ3) is 5.65. The first kappa shape index (κ1) is 18.0. The fourth-order valence-electron chi connectivity index (χ4n) is 4.50. The lowest BCUT2D eigenvalue weighted by Crippen LogP contribution is -2.44. The highest BCUT2D eigenvalue weighted by Gasteiger charge is 2.34. The Kier molecular flexibility index (Phi) is 6.82. The van der Waals surface area contributed by atoms with Crippen molar-refractivity contribution in [2.75, 3.05) is 26.7 Å². The van der Waals surface area contributed by atoms with Crippen LogP contribution in [0.5, 0.6) is 0 Å². The van der Waals surface area contributed by atoms with E-state index in [9.17, 15) is 0 Å². The Labute approximate surface area is 148 Å². The van der Waals surface area contributed by atoms with Crippen molar-refractivity contribution >= 4 is 5.96 Å². The number of nitrogens with one attached hydrogen (secondary N) is 2. The Morgan fingerprint density at radius 1 is 1.08 bits per heavy atom. The van der Waals surface area contributed by atoms with Crippen LogP contribution in [0.1, 0.15) is 71.1 Å². The topological polar surface area (TPSA) is 39.7 Å². The third-order valence-electron chi connectivity index (χ3n) is 6.28. The summed E-state index contributed by atoms with van der Waals surface area (Å²) in [5, 5.41) is 7.17. The molecule has 0 amide bonds. The van der Waals surface area contributed by atoms with E-state index in [1.54, 1.807) is 0 Å². The fourth-order valence-corrected chi connectivity index (χ4v) is 4.50. The Morgan fingerprint density at radius 3 is 2.58 bits per heavy atom. The maximum absolute atomic E-state index is 4.43. The lowest BCUT2D eigenvalue weighted by atomic mass is 9.85. The van der Waals surface area contributed by atoms with E-state index in [0.717, 1.165) is 30.4 Å². The van der Waals surface area contributed by atoms with E-state index in [4.69, 9.17) is 0 Å². The number of likely N-dealkylation sites (tertiary alicyclic amines) is 1. The average Bonchev–Trinajstić information content (AvgIpc) is 3.36. The summed E-state index contributed by atoms with van der Waals surface area (Å²) in [6.45, 7) is 5.96. The molecule has 0 aromatic rings. The number of hydrogen-bond donors (Lipinski definition) is 2. The van der Waals surface area contributed by atoms with Crippen LogP contribution in [0.15, 0.2) is 4.99 Å². The summed E-state index contributed by atoms with van der Waals surface area (Å²) in [4.78, 5) is 7.12. The molecular weight excluding hydrogens is 296 g/mol. The number of hydrogen-bond acceptors (Lipinski definition) is 2. The second-order valence-corrected chi connectivity index (χ2v) is 8.46. The second-order valence-electron chi connectivity index (χ2n) is 8.46. The van der Waals surface area contributed by atoms with E-state index in [0.29, 0.717) is 6.04 Å². The molecule has 2 unspecified atom stereocenters. The molecule has 3 aliphatic rings. The molecule has 0 bridgehead atoms. The predicted molar refractivity (Wildman–Crippen MR) is 102 cm³/mol. The van der Waals surface area contributed by atoms with Crippen LogP contribution in [0.2, 0.25) is 0 Å². The molecule has 3 fully saturated rings. The highest BCUT2D eigenvalue weighted by atomic mass is 15.2. The second kappa shape index (κ2) is 9.07. The van der Waals surface area contributed by atoms with Crippen molar-refractivity contribution in [2.24, 2.45) is 16.8 Å². The zero-order valence-electron chi connectivity index (χ0n) is 15.9. The molecule has 2 atom stereocenters. The van der Waals surface area contributed by atoms with E-state index < -0.39 is 0 Å². The molecule has 3 rings (SSSR count). The Bertz CT molecular complexity index is 398. The van der Waals surface area contributed by atoms with Gasteiger partial charge in [-0.15, -0.1) is 0 Å². The molecule has 1 saturated heterocycles. The standard InChI is InChI=1S/C20H38N4/c1-16(8-9-17-6-4-3-5-7-17)23-20(21-2)22-14-18-12-13-24(15-18)19-10-11-19/h16-19H,3-15H2,1-2H3,(H2,21,22,23). The molecule has 1 heterocycles. The van der Waals surface area contributed by atoms with Crippen LogP contribution < -0.4 is 10.6 Å². The van der Waals surface area contributed by atoms with Gasteiger partial charge in [-0.05, 0) is 57.4 Å². The van der Waals surface area contributed by atoms with Crippen LogP contribution in [-0.4, -0.2) is 49.6 Å². The van der Waals surface area contributed by atoms with Gasteiger partial charge in [0.25, 0.3) is 0 Å². The lowest BCUT2D eigenvalue weighted by Gasteiger charge is -2.24. The molecule has 4 nitrogen and oxygen atoms in total. The van der Waals surface area contributed by atoms with Crippen molar-refractivity contribution in [3.63, 3.8) is 0 Å². The van der Waals surface area contributed by atoms with E-state index in [1.165, 1.54) is 77.3 Å². The number of rotatable bonds is 7. The van der Waals surface area contributed by atoms with Crippen LogP contribution in [0.25, 0.3) is 0 Å². The van der Waals surface area contributed by atoms with Crippen LogP contribution in [0.4, 0.5) is 0 Å². The number of nitrogens with zero attached hydrogens (tertiary/aromatic N) is 2. The van der Waals surface area contributed by atoms with Crippen molar-refractivity contribution < 1.29 is 0 Å². The smallest absolute Gasteiger partial charge is 0.191 e. The fraction of sp³-hybridized carbons (Fsp3) is 0.950. The van der Waals surface area contributed by atoms with Gasteiger partial charge in [0.2, 0.25) is 0 Å². The minimum atomic E-state index is 0.518. The van der Waals surface area contributed by atoms with Crippen molar-refractivity contribution in [1.29, 1.82) is 0 Å². The SMILES string of the molecule is CN=C(NCC1CCN(C2CC2)C1)NC(C)CCC1CCCCC1. The van der Waals surface area contributed by atoms with E-state index in [1.807, 2.05) is 7.05 Å². The van der Waals surface area contributed by atoms with Gasteiger partial charge in [0, 0.05) is 32.2 Å². The molecule has 4 heteroatoms. The van der Waals surface area contributed by atoms with Gasteiger partial charge >= 0.3 is 0 Å². The first-order valence-corrected chi connectivity index (χ1v) is 10.5. The molecule has 0 radical (unpaired) electrons. The highest BCUT2D eigenvalue weighted by Crippen LogP contribution is 2.31. The number of aliphatic imine (C=N–C) groups is 1. The minimum absolute atomic E-state index is 0.518. The van der Waals surface area contributed by atoms with Crippen molar-refractivity contribution in [3.8, 4) is 0 Å². The summed E-state index contributed by atoms with van der Waals surface area (Å²) in [5.74, 6) is 2.77. The first-order valence-electron chi connectivity index (χ1n) is 10.5. The Morgan fingerprint density at radius 2 is 1.88 bits per heavy atom. The van der Waals surface area contributed by atoms with Gasteiger partial charge in [-0.3, -0.25) is 4.99 Å². The van der Waals surface area contributed by atoms with E-state index >= 15 is 0 Å². The van der Waals surface area contributed by atoms with Crippen LogP contribution in [0, 0.1) is 11.8 Å². The van der Waals surface area contributed by atoms with E-state index in [2.05, 4.69) is 27.4 Å². The molecule has 1 aliphatic heterocycles. The molecule has 138 valence electrons. The summed E-state index contributed by atoms with van der Waals surface area (Å²) in [6.07, 6.45) is 14.1. The Balaban J connectivity index is 1.30. The van der Waals surface area contributed by atoms with Gasteiger partial charge in [0.05, 0.1) is 0 Å². The predicted octanol–water partition coefficient (Wildman–Crippen LogP) is 3.38. The maximum atomic E-state index is 4.43. The van der Waals surface area contributed by atoms with E-state index in [-0.39, 0.29) is 0 Å². The summed E-state index contributed by atoms with van der Waals surface area (Å²) in [7, 11) is 1.90. The molecule has 0 spiro atoms. The van der Waals surface area contributed by atoms with Gasteiger partial charge in [-0.1, -0.05) is 32.1 Å².